The number of hydrogen-bond acceptors (Lipinski definition) is 8. The Balaban J connectivity index is 1.44. The van der Waals surface area contributed by atoms with Crippen LogP contribution in [0.5, 0.6) is 46.0 Å². The van der Waals surface area contributed by atoms with E-state index in [-0.39, 0.29) is 17.8 Å². The highest BCUT2D eigenvalue weighted by atomic mass is 16.5. The van der Waals surface area contributed by atoms with Gasteiger partial charge in [0, 0.05) is 30.7 Å². The molecule has 8 nitrogen and oxygen atoms in total. The number of benzene rings is 4. The predicted molar refractivity (Wildman–Crippen MR) is 173 cm³/mol. The van der Waals surface area contributed by atoms with Gasteiger partial charge in [0.05, 0.1) is 21.3 Å². The highest BCUT2D eigenvalue weighted by Crippen LogP contribution is 2.51. The fourth-order valence-corrected chi connectivity index (χ4v) is 7.11. The first-order valence-electron chi connectivity index (χ1n) is 15.5. The van der Waals surface area contributed by atoms with Gasteiger partial charge in [-0.2, -0.15) is 0 Å². The number of nitrogens with zero attached hydrogens (tertiary/aromatic N) is 2. The highest BCUT2D eigenvalue weighted by molar-refractivity contribution is 5.63. The van der Waals surface area contributed by atoms with Crippen molar-refractivity contribution >= 4 is 0 Å². The van der Waals surface area contributed by atoms with Crippen molar-refractivity contribution in [2.75, 3.05) is 48.5 Å². The van der Waals surface area contributed by atoms with Crippen molar-refractivity contribution in [2.24, 2.45) is 0 Å². The summed E-state index contributed by atoms with van der Waals surface area (Å²) in [5.74, 6) is 4.44. The lowest BCUT2D eigenvalue weighted by atomic mass is 9.87. The molecule has 0 aromatic heterocycles. The van der Waals surface area contributed by atoms with E-state index in [1.807, 2.05) is 24.3 Å². The summed E-state index contributed by atoms with van der Waals surface area (Å²) in [7, 11) is 9.33. The average Bonchev–Trinajstić information content (AvgIpc) is 3.05. The molecule has 9 rings (SSSR count). The summed E-state index contributed by atoms with van der Waals surface area (Å²) in [6.07, 6.45) is 3.24. The summed E-state index contributed by atoms with van der Waals surface area (Å²) in [4.78, 5) is 4.76. The summed E-state index contributed by atoms with van der Waals surface area (Å²) in [6, 6.07) is 20.4. The van der Waals surface area contributed by atoms with E-state index in [4.69, 9.17) is 23.7 Å². The van der Waals surface area contributed by atoms with Gasteiger partial charge in [0.1, 0.15) is 5.75 Å². The van der Waals surface area contributed by atoms with Gasteiger partial charge in [-0.1, -0.05) is 18.2 Å². The van der Waals surface area contributed by atoms with Crippen LogP contribution in [0.15, 0.2) is 60.7 Å². The molecule has 0 unspecified atom stereocenters. The number of methoxy groups -OCH3 is 3. The number of ether oxygens (including phenoxy) is 5. The van der Waals surface area contributed by atoms with Gasteiger partial charge in [0.15, 0.2) is 34.5 Å². The van der Waals surface area contributed by atoms with Crippen LogP contribution in [0.25, 0.3) is 0 Å². The molecule has 0 saturated carbocycles. The number of rotatable bonds is 3. The number of phenolic OH excluding ortho intramolecular Hbond substituents is 1. The first kappa shape index (κ1) is 29.3. The second-order valence-corrected chi connectivity index (χ2v) is 12.3. The zero-order valence-electron chi connectivity index (χ0n) is 26.6. The van der Waals surface area contributed by atoms with Crippen LogP contribution in [0.4, 0.5) is 0 Å². The van der Waals surface area contributed by atoms with Crippen LogP contribution in [0.3, 0.4) is 0 Å². The van der Waals surface area contributed by atoms with Crippen molar-refractivity contribution in [1.29, 1.82) is 0 Å². The minimum Gasteiger partial charge on any atom is -0.504 e. The Hall–Kier alpha value is -4.40. The van der Waals surface area contributed by atoms with Crippen LogP contribution in [-0.2, 0) is 25.7 Å². The van der Waals surface area contributed by atoms with E-state index in [9.17, 15) is 5.11 Å². The summed E-state index contributed by atoms with van der Waals surface area (Å²) in [6.45, 7) is 1.78. The summed E-state index contributed by atoms with van der Waals surface area (Å²) in [5.41, 5.74) is 6.96. The molecule has 0 saturated heterocycles. The van der Waals surface area contributed by atoms with Gasteiger partial charge in [-0.15, -0.1) is 0 Å². The molecule has 0 fully saturated rings. The molecule has 0 aliphatic carbocycles. The lowest BCUT2D eigenvalue weighted by Gasteiger charge is -2.37. The predicted octanol–water partition coefficient (Wildman–Crippen LogP) is 6.86. The first-order chi connectivity index (χ1) is 21.9. The molecule has 0 spiro atoms. The van der Waals surface area contributed by atoms with Gasteiger partial charge in [0.25, 0.3) is 0 Å². The molecule has 0 amide bonds. The zero-order chi connectivity index (χ0) is 31.2. The standard InChI is InChI=1S/C37H40N2O6/c1-38-14-12-24-19-34-33(41-3)20-27(24)29(38)16-22-6-9-25(10-7-22)44-32-18-23(8-11-31(32)40)17-30-28-21-35(42-4)37(43-5)36(45-34)26(28)13-15-39(30)2/h6-11,18-21,29-30,40H,12-17H2,1-5H3/t29-,30+/m1/s1. The molecule has 4 aromatic rings. The molecule has 234 valence electrons. The average molecular weight is 609 g/mol. The molecular formula is C37H40N2O6. The van der Waals surface area contributed by atoms with Crippen LogP contribution in [0.2, 0.25) is 0 Å². The Kier molecular flexibility index (Phi) is 7.71. The molecule has 5 aliphatic rings. The van der Waals surface area contributed by atoms with Crippen LogP contribution >= 0.6 is 0 Å². The van der Waals surface area contributed by atoms with Gasteiger partial charge >= 0.3 is 0 Å². The topological polar surface area (TPSA) is 72.9 Å². The molecule has 4 aromatic carbocycles. The van der Waals surface area contributed by atoms with Crippen molar-refractivity contribution in [2.45, 2.75) is 37.8 Å². The second kappa shape index (κ2) is 11.8. The third-order valence-corrected chi connectivity index (χ3v) is 9.66. The van der Waals surface area contributed by atoms with Gasteiger partial charge in [0.2, 0.25) is 5.75 Å². The maximum atomic E-state index is 10.7. The van der Waals surface area contributed by atoms with Gasteiger partial charge in [-0.25, -0.2) is 0 Å². The smallest absolute Gasteiger partial charge is 0.204 e. The van der Waals surface area contributed by atoms with E-state index >= 15 is 0 Å². The van der Waals surface area contributed by atoms with E-state index in [1.54, 1.807) is 27.4 Å². The summed E-state index contributed by atoms with van der Waals surface area (Å²) >= 11 is 0. The Morgan fingerprint density at radius 2 is 1.36 bits per heavy atom. The molecule has 0 radical (unpaired) electrons. The number of fused-ring (bicyclic) bond motifs is 1. The normalized spacial score (nSPS) is 19.4. The van der Waals surface area contributed by atoms with Crippen molar-refractivity contribution in [3.8, 4) is 46.0 Å². The minimum absolute atomic E-state index is 0.0277. The summed E-state index contributed by atoms with van der Waals surface area (Å²) in [5, 5.41) is 10.7. The molecule has 12 bridgehead atoms. The van der Waals surface area contributed by atoms with Crippen LogP contribution in [0, 0.1) is 0 Å². The quantitative estimate of drug-likeness (QED) is 0.271. The van der Waals surface area contributed by atoms with Crippen LogP contribution in [0.1, 0.15) is 45.5 Å². The van der Waals surface area contributed by atoms with E-state index in [1.165, 1.54) is 16.7 Å². The molecule has 5 aliphatic heterocycles. The lowest BCUT2D eigenvalue weighted by Crippen LogP contribution is -2.34. The molecule has 5 heterocycles. The fraction of sp³-hybridized carbons (Fsp3) is 0.351. The van der Waals surface area contributed by atoms with E-state index < -0.39 is 0 Å². The third kappa shape index (κ3) is 5.32. The third-order valence-electron chi connectivity index (χ3n) is 9.66. The van der Waals surface area contributed by atoms with E-state index in [0.717, 1.165) is 49.0 Å². The molecule has 2 atom stereocenters. The largest absolute Gasteiger partial charge is 0.504 e. The van der Waals surface area contributed by atoms with Crippen molar-refractivity contribution in [1.82, 2.24) is 9.80 Å². The van der Waals surface area contributed by atoms with Crippen molar-refractivity contribution < 1.29 is 28.8 Å². The second-order valence-electron chi connectivity index (χ2n) is 12.3. The number of likely N-dealkylation sites (N-methyl/N-ethyl adjacent to an activating group) is 2. The Labute approximate surface area is 264 Å². The zero-order valence-corrected chi connectivity index (χ0v) is 26.6. The number of hydrogen-bond donors (Lipinski definition) is 1. The lowest BCUT2D eigenvalue weighted by molar-refractivity contribution is 0.224. The highest BCUT2D eigenvalue weighted by Gasteiger charge is 2.33. The molecular weight excluding hydrogens is 568 g/mol. The fourth-order valence-electron chi connectivity index (χ4n) is 7.11. The molecule has 45 heavy (non-hydrogen) atoms. The van der Waals surface area contributed by atoms with Crippen molar-refractivity contribution in [3.63, 3.8) is 0 Å². The SMILES string of the molecule is COc1cc2c3cc1Oc1c4c(cc(OC)c1OC)[C@H](Cc1ccc(O)c(c1)Oc1ccc(cc1)C[C@H]2N(C)CC3)N(C)CC4. The van der Waals surface area contributed by atoms with Crippen LogP contribution < -0.4 is 23.7 Å². The van der Waals surface area contributed by atoms with Gasteiger partial charge in [-0.3, -0.25) is 9.80 Å². The summed E-state index contributed by atoms with van der Waals surface area (Å²) < 4.78 is 30.9. The van der Waals surface area contributed by atoms with E-state index in [2.05, 4.69) is 54.2 Å². The number of aromatic hydroxyl groups is 1. The van der Waals surface area contributed by atoms with E-state index in [0.29, 0.717) is 46.7 Å². The monoisotopic (exact) mass is 608 g/mol. The van der Waals surface area contributed by atoms with Gasteiger partial charge in [-0.05, 0) is 110 Å². The maximum Gasteiger partial charge on any atom is 0.204 e. The minimum atomic E-state index is 0.0277. The Bertz CT molecular complexity index is 1740. The van der Waals surface area contributed by atoms with Gasteiger partial charge < -0.3 is 28.8 Å². The Morgan fingerprint density at radius 1 is 0.689 bits per heavy atom. The van der Waals surface area contributed by atoms with Crippen molar-refractivity contribution in [3.05, 3.63) is 94.0 Å². The molecule has 8 heteroatoms. The maximum absolute atomic E-state index is 10.7. The van der Waals surface area contributed by atoms with Crippen LogP contribution in [-0.4, -0.2) is 63.4 Å². The number of phenols is 1. The Morgan fingerprint density at radius 3 is 2.09 bits per heavy atom. The molecule has 1 N–H and O–H groups in total. The first-order valence-corrected chi connectivity index (χ1v) is 15.5.